The number of para-hydroxylation sites is 3. The van der Waals surface area contributed by atoms with E-state index in [1.807, 2.05) is 12.1 Å². The first kappa shape index (κ1) is 39.7. The van der Waals surface area contributed by atoms with Crippen molar-refractivity contribution in [2.24, 2.45) is 0 Å². The summed E-state index contributed by atoms with van der Waals surface area (Å²) in [5.41, 5.74) is 24.3. The number of benzene rings is 10. The first-order valence-corrected chi connectivity index (χ1v) is 24.1. The van der Waals surface area contributed by atoms with Gasteiger partial charge in [-0.2, -0.15) is 0 Å². The number of rotatable bonds is 6. The van der Waals surface area contributed by atoms with Crippen LogP contribution in [0.2, 0.25) is 0 Å². The predicted octanol–water partition coefficient (Wildman–Crippen LogP) is 18.6. The Labute approximate surface area is 401 Å². The maximum absolute atomic E-state index is 6.62. The number of hydrogen-bond donors (Lipinski definition) is 0. The van der Waals surface area contributed by atoms with Gasteiger partial charge in [-0.15, -0.1) is 0 Å². The van der Waals surface area contributed by atoms with Crippen molar-refractivity contribution in [3.05, 3.63) is 235 Å². The van der Waals surface area contributed by atoms with Crippen LogP contribution >= 0.6 is 0 Å². The lowest BCUT2D eigenvalue weighted by molar-refractivity contribution is 0.652. The molecule has 0 aliphatic heterocycles. The van der Waals surface area contributed by atoms with Crippen LogP contribution in [0.3, 0.4) is 0 Å². The molecule has 0 fully saturated rings. The first-order chi connectivity index (χ1) is 33.7. The Bertz CT molecular complexity index is 4050. The molecular formula is C66H47NO2. The molecular weight excluding hydrogens is 839 g/mol. The van der Waals surface area contributed by atoms with Gasteiger partial charge in [-0.25, -0.2) is 0 Å². The molecule has 2 aliphatic rings. The van der Waals surface area contributed by atoms with E-state index in [1.54, 1.807) is 0 Å². The van der Waals surface area contributed by atoms with Crippen molar-refractivity contribution in [2.75, 3.05) is 4.90 Å². The minimum absolute atomic E-state index is 0.246. The van der Waals surface area contributed by atoms with Gasteiger partial charge in [-0.05, 0) is 145 Å². The summed E-state index contributed by atoms with van der Waals surface area (Å²) in [6.07, 6.45) is 0. The minimum atomic E-state index is -0.247. The van der Waals surface area contributed by atoms with Crippen LogP contribution in [0.4, 0.5) is 17.1 Å². The molecule has 0 N–H and O–H groups in total. The molecule has 12 aromatic rings. The fourth-order valence-corrected chi connectivity index (χ4v) is 12.0. The average Bonchev–Trinajstić information content (AvgIpc) is 4.09. The molecule has 2 heterocycles. The number of hydrogen-bond acceptors (Lipinski definition) is 3. The molecule has 0 radical (unpaired) electrons. The highest BCUT2D eigenvalue weighted by molar-refractivity contribution is 6.11. The molecule has 3 nitrogen and oxygen atoms in total. The zero-order valence-electron chi connectivity index (χ0n) is 39.0. The van der Waals surface area contributed by atoms with Crippen molar-refractivity contribution < 1.29 is 8.83 Å². The maximum atomic E-state index is 6.62. The SMILES string of the molecule is CC1(C)c2cc(N(c3ccc(-c4ccccc4)cc3)c3ccc(-c4ccc5oc6ccccc6c5c4)cc3)ccc2-c2cc3c(cc21)-c1cccc(-c2cccc4c2oc2ccccc24)c1C3(C)C. The third kappa shape index (κ3) is 5.87. The van der Waals surface area contributed by atoms with Gasteiger partial charge in [0, 0.05) is 55.0 Å². The summed E-state index contributed by atoms with van der Waals surface area (Å²) >= 11 is 0. The Morgan fingerprint density at radius 3 is 1.52 bits per heavy atom. The lowest BCUT2D eigenvalue weighted by Crippen LogP contribution is -2.18. The van der Waals surface area contributed by atoms with Crippen LogP contribution in [-0.4, -0.2) is 0 Å². The Balaban J connectivity index is 0.864. The molecule has 0 atom stereocenters. The smallest absolute Gasteiger partial charge is 0.143 e. The fourth-order valence-electron chi connectivity index (χ4n) is 12.0. The van der Waals surface area contributed by atoms with Crippen molar-refractivity contribution in [2.45, 2.75) is 38.5 Å². The van der Waals surface area contributed by atoms with Crippen molar-refractivity contribution in [1.82, 2.24) is 0 Å². The van der Waals surface area contributed by atoms with Crippen LogP contribution in [-0.2, 0) is 10.8 Å². The molecule has 2 aliphatic carbocycles. The Morgan fingerprint density at radius 2 is 0.797 bits per heavy atom. The lowest BCUT2D eigenvalue weighted by Gasteiger charge is -2.28. The van der Waals surface area contributed by atoms with E-state index in [1.165, 1.54) is 61.2 Å². The molecule has 0 amide bonds. The quantitative estimate of drug-likeness (QED) is 0.167. The van der Waals surface area contributed by atoms with Crippen LogP contribution in [0.25, 0.3) is 99.5 Å². The van der Waals surface area contributed by atoms with Crippen molar-refractivity contribution in [3.8, 4) is 55.6 Å². The van der Waals surface area contributed by atoms with Gasteiger partial charge < -0.3 is 13.7 Å². The van der Waals surface area contributed by atoms with E-state index in [9.17, 15) is 0 Å². The van der Waals surface area contributed by atoms with Gasteiger partial charge in [0.15, 0.2) is 0 Å². The number of fused-ring (bicyclic) bond motifs is 12. The number of furan rings is 2. The van der Waals surface area contributed by atoms with E-state index in [0.717, 1.165) is 77.6 Å². The summed E-state index contributed by atoms with van der Waals surface area (Å²) in [6, 6.07) is 77.4. The standard InChI is InChI=1S/C66H47NO2/c1-65(2)57-37-46(67(44-29-24-41(25-30-44)40-14-6-5-7-15-40)45-31-26-42(27-32-45)43-28-35-62-56(36-43)49-17-9-10-22-60(49)68-62)33-34-47(57)54-38-59-55(39-58(54)65)51-19-12-18-50(63(51)66(59,3)4)53-21-13-20-52-48-16-8-11-23-61(48)69-64(52)53/h5-39H,1-4H3. The highest BCUT2D eigenvalue weighted by atomic mass is 16.3. The van der Waals surface area contributed by atoms with Crippen molar-refractivity contribution in [3.63, 3.8) is 0 Å². The van der Waals surface area contributed by atoms with Gasteiger partial charge in [-0.3, -0.25) is 0 Å². The molecule has 0 unspecified atom stereocenters. The Kier molecular flexibility index (Phi) is 8.38. The normalized spacial score (nSPS) is 14.0. The second-order valence-electron chi connectivity index (χ2n) is 20.0. The molecule has 2 aromatic heterocycles. The topological polar surface area (TPSA) is 29.5 Å². The molecule has 10 aromatic carbocycles. The summed E-state index contributed by atoms with van der Waals surface area (Å²) in [5.74, 6) is 0. The fraction of sp³-hybridized carbons (Fsp3) is 0.0909. The summed E-state index contributed by atoms with van der Waals surface area (Å²) in [4.78, 5) is 2.41. The van der Waals surface area contributed by atoms with Crippen LogP contribution < -0.4 is 4.90 Å². The molecule has 0 bridgehead atoms. The Hall–Kier alpha value is -8.40. The van der Waals surface area contributed by atoms with Crippen LogP contribution in [0.1, 0.15) is 49.9 Å². The predicted molar refractivity (Wildman–Crippen MR) is 287 cm³/mol. The molecule has 0 spiro atoms. The van der Waals surface area contributed by atoms with E-state index < -0.39 is 0 Å². The van der Waals surface area contributed by atoms with Crippen molar-refractivity contribution >= 4 is 60.9 Å². The summed E-state index contributed by atoms with van der Waals surface area (Å²) in [6.45, 7) is 9.61. The highest BCUT2D eigenvalue weighted by Crippen LogP contribution is 2.59. The number of anilines is 3. The molecule has 3 heteroatoms. The monoisotopic (exact) mass is 885 g/mol. The first-order valence-electron chi connectivity index (χ1n) is 24.1. The third-order valence-corrected chi connectivity index (χ3v) is 15.5. The van der Waals surface area contributed by atoms with E-state index in [4.69, 9.17) is 8.83 Å². The maximum Gasteiger partial charge on any atom is 0.143 e. The molecule has 328 valence electrons. The summed E-state index contributed by atoms with van der Waals surface area (Å²) < 4.78 is 12.8. The molecule has 14 rings (SSSR count). The van der Waals surface area contributed by atoms with Gasteiger partial charge in [0.2, 0.25) is 0 Å². The summed E-state index contributed by atoms with van der Waals surface area (Å²) in [7, 11) is 0. The second-order valence-corrected chi connectivity index (χ2v) is 20.0. The van der Waals surface area contributed by atoms with Crippen LogP contribution in [0, 0.1) is 0 Å². The number of nitrogens with zero attached hydrogens (tertiary/aromatic N) is 1. The molecule has 69 heavy (non-hydrogen) atoms. The second kappa shape index (κ2) is 14.6. The lowest BCUT2D eigenvalue weighted by atomic mass is 9.77. The molecule has 0 saturated heterocycles. The largest absolute Gasteiger partial charge is 0.456 e. The van der Waals surface area contributed by atoms with E-state index in [0.29, 0.717) is 0 Å². The van der Waals surface area contributed by atoms with Gasteiger partial charge in [0.05, 0.1) is 0 Å². The van der Waals surface area contributed by atoms with E-state index in [-0.39, 0.29) is 10.8 Å². The van der Waals surface area contributed by atoms with Gasteiger partial charge in [0.1, 0.15) is 22.3 Å². The van der Waals surface area contributed by atoms with Gasteiger partial charge in [0.25, 0.3) is 0 Å². The van der Waals surface area contributed by atoms with E-state index in [2.05, 4.69) is 233 Å². The Morgan fingerprint density at radius 1 is 0.304 bits per heavy atom. The third-order valence-electron chi connectivity index (χ3n) is 15.5. The molecule has 0 saturated carbocycles. The average molecular weight is 886 g/mol. The van der Waals surface area contributed by atoms with Crippen molar-refractivity contribution in [1.29, 1.82) is 0 Å². The van der Waals surface area contributed by atoms with Gasteiger partial charge >= 0.3 is 0 Å². The summed E-state index contributed by atoms with van der Waals surface area (Å²) in [5, 5.41) is 4.58. The zero-order valence-corrected chi connectivity index (χ0v) is 39.0. The van der Waals surface area contributed by atoms with E-state index >= 15 is 0 Å². The van der Waals surface area contributed by atoms with Gasteiger partial charge in [-0.1, -0.05) is 167 Å². The van der Waals surface area contributed by atoms with Crippen LogP contribution in [0.5, 0.6) is 0 Å². The zero-order chi connectivity index (χ0) is 46.2. The minimum Gasteiger partial charge on any atom is -0.456 e. The highest BCUT2D eigenvalue weighted by Gasteiger charge is 2.43. The van der Waals surface area contributed by atoms with Crippen LogP contribution in [0.15, 0.2) is 221 Å².